The summed E-state index contributed by atoms with van der Waals surface area (Å²) in [7, 11) is 1.87. The Morgan fingerprint density at radius 2 is 1.12 bits per heavy atom. The number of nitrogens with zero attached hydrogens (tertiary/aromatic N) is 1. The Balaban J connectivity index is 0. The Bertz CT molecular complexity index is 160. The number of hydrogen-bond donors (Lipinski definition) is 0. The van der Waals surface area contributed by atoms with Crippen LogP contribution in [-0.4, -0.2) is 32.2 Å². The average Bonchev–Trinajstić information content (AvgIpc) is 2.06. The molecule has 0 amide bonds. The van der Waals surface area contributed by atoms with Crippen LogP contribution < -0.4 is 18.6 Å². The molecule has 0 saturated carbocycles. The van der Waals surface area contributed by atoms with Gasteiger partial charge in [0.25, 0.3) is 0 Å². The highest BCUT2D eigenvalue weighted by Gasteiger charge is 2.04. The predicted molar refractivity (Wildman–Crippen MR) is 56.3 cm³/mol. The van der Waals surface area contributed by atoms with E-state index in [9.17, 15) is 0 Å². The molecule has 0 spiro atoms. The maximum atomic E-state index is 8.49. The third-order valence-electron chi connectivity index (χ3n) is 2.18. The molecular formula is C11H26ClNO4. The molecule has 0 unspecified atom stereocenters. The molecule has 0 fully saturated rings. The van der Waals surface area contributed by atoms with E-state index in [4.69, 9.17) is 18.6 Å². The van der Waals surface area contributed by atoms with E-state index in [1.807, 2.05) is 0 Å². The summed E-state index contributed by atoms with van der Waals surface area (Å²) in [4.78, 5) is 0. The summed E-state index contributed by atoms with van der Waals surface area (Å²) in [6.45, 7) is 3.60. The second-order valence-corrected chi connectivity index (χ2v) is 5.92. The smallest absolute Gasteiger partial charge is 0.0780 e. The minimum atomic E-state index is -4.94. The minimum absolute atomic E-state index is 1.12. The van der Waals surface area contributed by atoms with Crippen LogP contribution in [0.2, 0.25) is 0 Å². The Kier molecular flexibility index (Phi) is 11.5. The summed E-state index contributed by atoms with van der Waals surface area (Å²) in [6.07, 6.45) is 8.48. The van der Waals surface area contributed by atoms with Crippen molar-refractivity contribution < 1.29 is 33.4 Å². The van der Waals surface area contributed by atoms with E-state index in [-0.39, 0.29) is 0 Å². The molecule has 17 heavy (non-hydrogen) atoms. The van der Waals surface area contributed by atoms with Gasteiger partial charge in [0.2, 0.25) is 0 Å². The molecule has 0 aliphatic heterocycles. The van der Waals surface area contributed by atoms with Crippen molar-refractivity contribution in [1.82, 2.24) is 0 Å². The fourth-order valence-electron chi connectivity index (χ4n) is 1.37. The summed E-state index contributed by atoms with van der Waals surface area (Å²) in [5.74, 6) is 0. The molecule has 0 aliphatic carbocycles. The van der Waals surface area contributed by atoms with Crippen LogP contribution in [0.3, 0.4) is 0 Å². The number of hydrogen-bond acceptors (Lipinski definition) is 4. The second-order valence-electron chi connectivity index (χ2n) is 5.16. The molecule has 0 saturated heterocycles. The number of rotatable bonds is 7. The second kappa shape index (κ2) is 10.1. The van der Waals surface area contributed by atoms with Gasteiger partial charge in [0.15, 0.2) is 0 Å². The van der Waals surface area contributed by atoms with Gasteiger partial charge < -0.3 is 4.48 Å². The molecule has 0 N–H and O–H groups in total. The largest absolute Gasteiger partial charge is 0.331 e. The quantitative estimate of drug-likeness (QED) is 0.407. The first kappa shape index (κ1) is 19.4. The third-order valence-corrected chi connectivity index (χ3v) is 2.18. The van der Waals surface area contributed by atoms with Gasteiger partial charge in [-0.3, -0.25) is 0 Å². The van der Waals surface area contributed by atoms with Crippen molar-refractivity contribution in [3.63, 3.8) is 0 Å². The van der Waals surface area contributed by atoms with Crippen LogP contribution in [0.15, 0.2) is 0 Å². The van der Waals surface area contributed by atoms with Crippen LogP contribution in [0.25, 0.3) is 0 Å². The Labute approximate surface area is 107 Å². The lowest BCUT2D eigenvalue weighted by atomic mass is 10.1. The summed E-state index contributed by atoms with van der Waals surface area (Å²) >= 11 is 0. The topological polar surface area (TPSA) is 92.2 Å². The minimum Gasteiger partial charge on any atom is -0.331 e. The molecule has 5 nitrogen and oxygen atoms in total. The van der Waals surface area contributed by atoms with Crippen LogP contribution >= 0.6 is 0 Å². The number of unbranched alkanes of at least 4 members (excludes halogenated alkanes) is 5. The van der Waals surface area contributed by atoms with Gasteiger partial charge in [-0.25, -0.2) is 18.6 Å². The molecule has 0 bridgehead atoms. The van der Waals surface area contributed by atoms with E-state index in [0.717, 1.165) is 4.48 Å². The third kappa shape index (κ3) is 38.7. The highest BCUT2D eigenvalue weighted by atomic mass is 35.7. The Hall–Kier alpha value is 0.0900. The summed E-state index contributed by atoms with van der Waals surface area (Å²) < 4.78 is 35.1. The molecule has 0 aromatic heterocycles. The number of quaternary nitrogens is 1. The van der Waals surface area contributed by atoms with Gasteiger partial charge in [0, 0.05) is 0 Å². The lowest BCUT2D eigenvalue weighted by Gasteiger charge is -2.23. The molecule has 0 heterocycles. The first-order valence-corrected chi connectivity index (χ1v) is 7.22. The van der Waals surface area contributed by atoms with Gasteiger partial charge in [-0.2, -0.15) is 0 Å². The SMILES string of the molecule is CCCCCCCC[N+](C)(C)C.[O-][Cl+3]([O-])([O-])[O-]. The van der Waals surface area contributed by atoms with Crippen molar-refractivity contribution in [1.29, 1.82) is 0 Å². The van der Waals surface area contributed by atoms with Crippen molar-refractivity contribution in [3.8, 4) is 0 Å². The molecule has 6 heteroatoms. The van der Waals surface area contributed by atoms with Crippen LogP contribution in [0, 0.1) is 10.2 Å². The van der Waals surface area contributed by atoms with E-state index in [0.29, 0.717) is 0 Å². The van der Waals surface area contributed by atoms with Gasteiger partial charge in [-0.05, 0) is 12.8 Å². The van der Waals surface area contributed by atoms with E-state index >= 15 is 0 Å². The van der Waals surface area contributed by atoms with Gasteiger partial charge in [-0.1, -0.05) is 32.6 Å². The predicted octanol–water partition coefficient (Wildman–Crippen LogP) is -1.70. The molecule has 106 valence electrons. The van der Waals surface area contributed by atoms with E-state index in [2.05, 4.69) is 28.1 Å². The van der Waals surface area contributed by atoms with Crippen LogP contribution in [0.1, 0.15) is 45.4 Å². The first-order valence-electron chi connectivity index (χ1n) is 5.98. The summed E-state index contributed by atoms with van der Waals surface area (Å²) in [5, 5.41) is 0. The fourth-order valence-corrected chi connectivity index (χ4v) is 1.37. The zero-order valence-electron chi connectivity index (χ0n) is 11.4. The lowest BCUT2D eigenvalue weighted by Crippen LogP contribution is -2.68. The summed E-state index contributed by atoms with van der Waals surface area (Å²) in [6, 6.07) is 0. The maximum absolute atomic E-state index is 8.49. The maximum Gasteiger partial charge on any atom is 0.0780 e. The molecule has 0 rings (SSSR count). The van der Waals surface area contributed by atoms with E-state index in [1.165, 1.54) is 45.1 Å². The Morgan fingerprint density at radius 3 is 1.47 bits per heavy atom. The Morgan fingerprint density at radius 1 is 0.765 bits per heavy atom. The van der Waals surface area contributed by atoms with Crippen molar-refractivity contribution in [2.45, 2.75) is 45.4 Å². The molecule has 0 aromatic rings. The van der Waals surface area contributed by atoms with E-state index in [1.54, 1.807) is 0 Å². The molecule has 0 aromatic carbocycles. The van der Waals surface area contributed by atoms with Crippen molar-refractivity contribution in [2.24, 2.45) is 0 Å². The normalized spacial score (nSPS) is 12.0. The highest BCUT2D eigenvalue weighted by molar-refractivity contribution is 4.42. The van der Waals surface area contributed by atoms with Crippen LogP contribution in [-0.2, 0) is 0 Å². The molecule has 0 radical (unpaired) electrons. The zero-order valence-corrected chi connectivity index (χ0v) is 12.2. The van der Waals surface area contributed by atoms with Gasteiger partial charge in [0.05, 0.1) is 27.7 Å². The van der Waals surface area contributed by atoms with Crippen molar-refractivity contribution in [2.75, 3.05) is 27.7 Å². The zero-order chi connectivity index (χ0) is 13.9. The highest BCUT2D eigenvalue weighted by Crippen LogP contribution is 2.06. The van der Waals surface area contributed by atoms with Crippen molar-refractivity contribution >= 4 is 0 Å². The lowest BCUT2D eigenvalue weighted by molar-refractivity contribution is -2.00. The monoisotopic (exact) mass is 271 g/mol. The van der Waals surface area contributed by atoms with Gasteiger partial charge in [0.1, 0.15) is 0 Å². The standard InChI is InChI=1S/C11H26N.ClHO4/c1-5-6-7-8-9-10-11-12(2,3)4;2-1(3,4)5/h5-11H2,1-4H3;(H,2,3,4,5)/q+1;/p-1. The van der Waals surface area contributed by atoms with Crippen LogP contribution in [0.4, 0.5) is 0 Å². The molecular weight excluding hydrogens is 246 g/mol. The molecule has 0 atom stereocenters. The van der Waals surface area contributed by atoms with Gasteiger partial charge in [-0.15, -0.1) is 10.2 Å². The number of halogens is 1. The molecule has 0 aliphatic rings. The van der Waals surface area contributed by atoms with Crippen LogP contribution in [0.5, 0.6) is 0 Å². The van der Waals surface area contributed by atoms with Crippen molar-refractivity contribution in [3.05, 3.63) is 0 Å². The average molecular weight is 272 g/mol. The van der Waals surface area contributed by atoms with E-state index < -0.39 is 10.2 Å². The first-order chi connectivity index (χ1) is 7.56. The summed E-state index contributed by atoms with van der Waals surface area (Å²) in [5.41, 5.74) is 0. The fraction of sp³-hybridized carbons (Fsp3) is 1.00. The van der Waals surface area contributed by atoms with Gasteiger partial charge >= 0.3 is 0 Å².